The average Bonchev–Trinajstić information content (AvgIpc) is 3.06. The van der Waals surface area contributed by atoms with Crippen molar-refractivity contribution in [2.75, 3.05) is 18.4 Å². The lowest BCUT2D eigenvalue weighted by Crippen LogP contribution is -2.50. The van der Waals surface area contributed by atoms with Gasteiger partial charge in [0, 0.05) is 31.2 Å². The van der Waals surface area contributed by atoms with Crippen LogP contribution in [0.3, 0.4) is 0 Å². The fourth-order valence-electron chi connectivity index (χ4n) is 2.56. The lowest BCUT2D eigenvalue weighted by Gasteiger charge is -2.36. The Hall–Kier alpha value is -3.29. The van der Waals surface area contributed by atoms with Crippen molar-refractivity contribution in [3.8, 4) is 11.5 Å². The van der Waals surface area contributed by atoms with Crippen LogP contribution < -0.4 is 5.32 Å². The standard InChI is InChI=1S/C17H16N6O2/c1-11-2-4-13(5-3-11)20-17(24)23-9-12(10-23)16-21-15(22-25-16)14-8-18-6-7-19-14/h2-8,12H,9-10H2,1H3,(H,20,24). The summed E-state index contributed by atoms with van der Waals surface area (Å²) in [4.78, 5) is 26.4. The molecule has 1 saturated heterocycles. The summed E-state index contributed by atoms with van der Waals surface area (Å²) in [5, 5.41) is 6.80. The number of nitrogens with zero attached hydrogens (tertiary/aromatic N) is 5. The van der Waals surface area contributed by atoms with Gasteiger partial charge in [-0.1, -0.05) is 22.9 Å². The number of benzene rings is 1. The summed E-state index contributed by atoms with van der Waals surface area (Å²) in [5.41, 5.74) is 2.49. The van der Waals surface area contributed by atoms with Gasteiger partial charge >= 0.3 is 6.03 Å². The Kier molecular flexibility index (Phi) is 3.85. The number of carbonyl (C=O) groups is 1. The molecule has 1 aliphatic heterocycles. The van der Waals surface area contributed by atoms with Crippen LogP contribution in [0.4, 0.5) is 10.5 Å². The number of aryl methyl sites for hydroxylation is 1. The van der Waals surface area contributed by atoms with E-state index in [0.717, 1.165) is 11.3 Å². The zero-order valence-electron chi connectivity index (χ0n) is 13.6. The van der Waals surface area contributed by atoms with Gasteiger partial charge in [0.1, 0.15) is 5.69 Å². The Balaban J connectivity index is 1.35. The molecular formula is C17H16N6O2. The Labute approximate surface area is 143 Å². The first-order chi connectivity index (χ1) is 12.2. The maximum atomic E-state index is 12.2. The number of urea groups is 1. The number of nitrogens with one attached hydrogen (secondary N) is 1. The van der Waals surface area contributed by atoms with Crippen LogP contribution in [0.1, 0.15) is 17.4 Å². The van der Waals surface area contributed by atoms with Gasteiger partial charge in [-0.25, -0.2) is 9.78 Å². The minimum Gasteiger partial charge on any atom is -0.338 e. The lowest BCUT2D eigenvalue weighted by molar-refractivity contribution is 0.147. The van der Waals surface area contributed by atoms with Crippen molar-refractivity contribution < 1.29 is 9.32 Å². The molecule has 0 radical (unpaired) electrons. The normalized spacial score (nSPS) is 14.2. The highest BCUT2D eigenvalue weighted by atomic mass is 16.5. The molecule has 1 aromatic carbocycles. The van der Waals surface area contributed by atoms with Crippen LogP contribution in [0.2, 0.25) is 0 Å². The maximum Gasteiger partial charge on any atom is 0.321 e. The van der Waals surface area contributed by atoms with Crippen molar-refractivity contribution in [1.82, 2.24) is 25.0 Å². The Morgan fingerprint density at radius 2 is 2.04 bits per heavy atom. The second-order valence-corrected chi connectivity index (χ2v) is 5.94. The summed E-state index contributed by atoms with van der Waals surface area (Å²) in [6.45, 7) is 3.09. The van der Waals surface area contributed by atoms with Crippen molar-refractivity contribution in [1.29, 1.82) is 0 Å². The SMILES string of the molecule is Cc1ccc(NC(=O)N2CC(c3nc(-c4cnccn4)no3)C2)cc1. The van der Waals surface area contributed by atoms with Crippen LogP contribution in [-0.2, 0) is 0 Å². The smallest absolute Gasteiger partial charge is 0.321 e. The molecule has 4 rings (SSSR count). The molecule has 0 atom stereocenters. The molecule has 8 nitrogen and oxygen atoms in total. The molecule has 126 valence electrons. The van der Waals surface area contributed by atoms with Crippen molar-refractivity contribution in [3.63, 3.8) is 0 Å². The van der Waals surface area contributed by atoms with E-state index in [1.807, 2.05) is 31.2 Å². The number of hydrogen-bond acceptors (Lipinski definition) is 6. The molecule has 2 aromatic heterocycles. The third kappa shape index (κ3) is 3.18. The maximum absolute atomic E-state index is 12.2. The van der Waals surface area contributed by atoms with E-state index in [-0.39, 0.29) is 11.9 Å². The van der Waals surface area contributed by atoms with E-state index in [0.29, 0.717) is 30.5 Å². The van der Waals surface area contributed by atoms with Crippen LogP contribution >= 0.6 is 0 Å². The average molecular weight is 336 g/mol. The minimum atomic E-state index is -0.131. The van der Waals surface area contributed by atoms with Gasteiger partial charge in [0.25, 0.3) is 0 Å². The quantitative estimate of drug-likeness (QED) is 0.789. The van der Waals surface area contributed by atoms with Crippen LogP contribution in [0.5, 0.6) is 0 Å². The summed E-state index contributed by atoms with van der Waals surface area (Å²) in [7, 11) is 0. The largest absolute Gasteiger partial charge is 0.338 e. The van der Waals surface area contributed by atoms with E-state index in [9.17, 15) is 4.79 Å². The number of hydrogen-bond donors (Lipinski definition) is 1. The molecule has 1 fully saturated rings. The molecule has 2 amide bonds. The molecule has 8 heteroatoms. The Bertz CT molecular complexity index is 872. The van der Waals surface area contributed by atoms with Gasteiger partial charge < -0.3 is 14.7 Å². The molecule has 3 aromatic rings. The Morgan fingerprint density at radius 1 is 1.24 bits per heavy atom. The van der Waals surface area contributed by atoms with Crippen molar-refractivity contribution >= 4 is 11.7 Å². The summed E-state index contributed by atoms with van der Waals surface area (Å²) < 4.78 is 5.30. The molecule has 0 aliphatic carbocycles. The van der Waals surface area contributed by atoms with Gasteiger partial charge in [0.2, 0.25) is 11.7 Å². The molecule has 1 aliphatic rings. The second-order valence-electron chi connectivity index (χ2n) is 5.94. The molecular weight excluding hydrogens is 320 g/mol. The molecule has 0 saturated carbocycles. The number of aromatic nitrogens is 4. The molecule has 25 heavy (non-hydrogen) atoms. The van der Waals surface area contributed by atoms with Crippen LogP contribution in [0.25, 0.3) is 11.5 Å². The van der Waals surface area contributed by atoms with Crippen molar-refractivity contribution in [3.05, 3.63) is 54.3 Å². The number of amides is 2. The monoisotopic (exact) mass is 336 g/mol. The minimum absolute atomic E-state index is 0.0432. The highest BCUT2D eigenvalue weighted by Crippen LogP contribution is 2.27. The van der Waals surface area contributed by atoms with Crippen molar-refractivity contribution in [2.24, 2.45) is 0 Å². The molecule has 1 N–H and O–H groups in total. The molecule has 3 heterocycles. The summed E-state index contributed by atoms with van der Waals surface area (Å²) in [6, 6.07) is 7.56. The van der Waals surface area contributed by atoms with Gasteiger partial charge in [0.05, 0.1) is 12.1 Å². The topological polar surface area (TPSA) is 97.0 Å². The van der Waals surface area contributed by atoms with E-state index < -0.39 is 0 Å². The van der Waals surface area contributed by atoms with Crippen LogP contribution in [0.15, 0.2) is 47.4 Å². The van der Waals surface area contributed by atoms with Crippen LogP contribution in [0, 0.1) is 6.92 Å². The zero-order valence-corrected chi connectivity index (χ0v) is 13.6. The first kappa shape index (κ1) is 15.3. The first-order valence-electron chi connectivity index (χ1n) is 7.91. The van der Waals surface area contributed by atoms with Gasteiger partial charge in [-0.05, 0) is 19.1 Å². The first-order valence-corrected chi connectivity index (χ1v) is 7.91. The summed E-state index contributed by atoms with van der Waals surface area (Å²) in [5.74, 6) is 0.965. The third-order valence-electron chi connectivity index (χ3n) is 4.05. The van der Waals surface area contributed by atoms with Gasteiger partial charge in [0.15, 0.2) is 0 Å². The van der Waals surface area contributed by atoms with Gasteiger partial charge in [-0.2, -0.15) is 4.98 Å². The fraction of sp³-hybridized carbons (Fsp3) is 0.235. The number of rotatable bonds is 3. The predicted octanol–water partition coefficient (Wildman–Crippen LogP) is 2.47. The highest BCUT2D eigenvalue weighted by Gasteiger charge is 2.35. The predicted molar refractivity (Wildman–Crippen MR) is 89.8 cm³/mol. The van der Waals surface area contributed by atoms with E-state index in [1.165, 1.54) is 0 Å². The molecule has 0 unspecified atom stereocenters. The van der Waals surface area contributed by atoms with Gasteiger partial charge in [-0.3, -0.25) is 4.98 Å². The third-order valence-corrected chi connectivity index (χ3v) is 4.05. The molecule has 0 spiro atoms. The second kappa shape index (κ2) is 6.31. The summed E-state index contributed by atoms with van der Waals surface area (Å²) in [6.07, 6.45) is 4.74. The van der Waals surface area contributed by atoms with Crippen molar-refractivity contribution in [2.45, 2.75) is 12.8 Å². The molecule has 0 bridgehead atoms. The van der Waals surface area contributed by atoms with Gasteiger partial charge in [-0.15, -0.1) is 0 Å². The van der Waals surface area contributed by atoms with E-state index in [4.69, 9.17) is 4.52 Å². The number of likely N-dealkylation sites (tertiary alicyclic amines) is 1. The fourth-order valence-corrected chi connectivity index (χ4v) is 2.56. The summed E-state index contributed by atoms with van der Waals surface area (Å²) >= 11 is 0. The zero-order chi connectivity index (χ0) is 17.2. The van der Waals surface area contributed by atoms with E-state index >= 15 is 0 Å². The highest BCUT2D eigenvalue weighted by molar-refractivity contribution is 5.90. The lowest BCUT2D eigenvalue weighted by atomic mass is 10.0. The van der Waals surface area contributed by atoms with E-state index in [1.54, 1.807) is 23.5 Å². The van der Waals surface area contributed by atoms with E-state index in [2.05, 4.69) is 25.4 Å². The Morgan fingerprint density at radius 3 is 2.76 bits per heavy atom. The number of carbonyl (C=O) groups excluding carboxylic acids is 1. The number of anilines is 1. The van der Waals surface area contributed by atoms with Crippen LogP contribution in [-0.4, -0.2) is 44.1 Å².